The van der Waals surface area contributed by atoms with E-state index in [1.807, 2.05) is 0 Å². The molecule has 70 valence electrons. The second-order valence-electron chi connectivity index (χ2n) is 3.53. The van der Waals surface area contributed by atoms with Crippen LogP contribution in [0.25, 0.3) is 0 Å². The van der Waals surface area contributed by atoms with Crippen molar-refractivity contribution >= 4 is 0 Å². The second kappa shape index (κ2) is 5.36. The van der Waals surface area contributed by atoms with E-state index in [2.05, 4.69) is 26.0 Å². The molecule has 2 atom stereocenters. The van der Waals surface area contributed by atoms with E-state index in [9.17, 15) is 0 Å². The standard InChI is InChI=1S/C11H20O/c1-3-5-7-11-9-8-10(12-11)6-4-2/h8-11H,3-7H2,1-2H3. The summed E-state index contributed by atoms with van der Waals surface area (Å²) in [6.45, 7) is 4.43. The van der Waals surface area contributed by atoms with Crippen molar-refractivity contribution in [3.8, 4) is 0 Å². The van der Waals surface area contributed by atoms with Crippen LogP contribution in [-0.2, 0) is 4.74 Å². The predicted octanol–water partition coefficient (Wildman–Crippen LogP) is 3.30. The van der Waals surface area contributed by atoms with E-state index in [-0.39, 0.29) is 0 Å². The molecule has 2 unspecified atom stereocenters. The molecule has 1 nitrogen and oxygen atoms in total. The van der Waals surface area contributed by atoms with Gasteiger partial charge in [-0.15, -0.1) is 0 Å². The predicted molar refractivity (Wildman–Crippen MR) is 52.2 cm³/mol. The Bertz CT molecular complexity index is 140. The molecular formula is C11H20O. The van der Waals surface area contributed by atoms with Gasteiger partial charge in [0.2, 0.25) is 0 Å². The van der Waals surface area contributed by atoms with E-state index in [4.69, 9.17) is 4.74 Å². The number of hydrogen-bond donors (Lipinski definition) is 0. The molecule has 12 heavy (non-hydrogen) atoms. The maximum atomic E-state index is 5.79. The Morgan fingerprint density at radius 1 is 1.00 bits per heavy atom. The van der Waals surface area contributed by atoms with Crippen LogP contribution in [0.4, 0.5) is 0 Å². The molecule has 1 aliphatic heterocycles. The van der Waals surface area contributed by atoms with Crippen molar-refractivity contribution in [1.29, 1.82) is 0 Å². The van der Waals surface area contributed by atoms with Gasteiger partial charge in [0.15, 0.2) is 0 Å². The van der Waals surface area contributed by atoms with E-state index < -0.39 is 0 Å². The molecular weight excluding hydrogens is 148 g/mol. The molecule has 0 radical (unpaired) electrons. The van der Waals surface area contributed by atoms with Gasteiger partial charge in [0.05, 0.1) is 12.2 Å². The van der Waals surface area contributed by atoms with Gasteiger partial charge in [0, 0.05) is 0 Å². The van der Waals surface area contributed by atoms with Gasteiger partial charge >= 0.3 is 0 Å². The van der Waals surface area contributed by atoms with E-state index in [1.54, 1.807) is 0 Å². The van der Waals surface area contributed by atoms with Crippen molar-refractivity contribution in [3.63, 3.8) is 0 Å². The third kappa shape index (κ3) is 2.98. The highest BCUT2D eigenvalue weighted by Gasteiger charge is 2.16. The fraction of sp³-hybridized carbons (Fsp3) is 0.818. The molecule has 0 saturated heterocycles. The van der Waals surface area contributed by atoms with Crippen LogP contribution in [0.15, 0.2) is 12.2 Å². The lowest BCUT2D eigenvalue weighted by molar-refractivity contribution is 0.0500. The molecule has 1 rings (SSSR count). The zero-order chi connectivity index (χ0) is 8.81. The molecule has 0 aromatic carbocycles. The van der Waals surface area contributed by atoms with Crippen LogP contribution in [0.1, 0.15) is 46.0 Å². The van der Waals surface area contributed by atoms with Gasteiger partial charge in [0.25, 0.3) is 0 Å². The Labute approximate surface area is 75.8 Å². The zero-order valence-corrected chi connectivity index (χ0v) is 8.25. The monoisotopic (exact) mass is 168 g/mol. The summed E-state index contributed by atoms with van der Waals surface area (Å²) in [5.41, 5.74) is 0. The molecule has 0 amide bonds. The molecule has 1 aliphatic rings. The highest BCUT2D eigenvalue weighted by Crippen LogP contribution is 2.19. The quantitative estimate of drug-likeness (QED) is 0.572. The number of hydrogen-bond acceptors (Lipinski definition) is 1. The summed E-state index contributed by atoms with van der Waals surface area (Å²) < 4.78 is 5.79. The largest absolute Gasteiger partial charge is 0.367 e. The van der Waals surface area contributed by atoms with Crippen molar-refractivity contribution < 1.29 is 4.74 Å². The number of unbranched alkanes of at least 4 members (excludes halogenated alkanes) is 1. The Hall–Kier alpha value is -0.300. The Morgan fingerprint density at radius 3 is 2.25 bits per heavy atom. The van der Waals surface area contributed by atoms with Gasteiger partial charge < -0.3 is 4.74 Å². The van der Waals surface area contributed by atoms with Crippen molar-refractivity contribution in [1.82, 2.24) is 0 Å². The van der Waals surface area contributed by atoms with Crippen LogP contribution >= 0.6 is 0 Å². The van der Waals surface area contributed by atoms with Crippen LogP contribution in [0, 0.1) is 0 Å². The molecule has 1 heteroatoms. The van der Waals surface area contributed by atoms with Gasteiger partial charge in [-0.1, -0.05) is 45.3 Å². The SMILES string of the molecule is CCCCC1C=CC(CCC)O1. The van der Waals surface area contributed by atoms with Crippen molar-refractivity contribution in [2.75, 3.05) is 0 Å². The Balaban J connectivity index is 2.14. The average Bonchev–Trinajstić information content (AvgIpc) is 2.50. The number of ether oxygens (including phenoxy) is 1. The van der Waals surface area contributed by atoms with Crippen molar-refractivity contribution in [3.05, 3.63) is 12.2 Å². The first-order chi connectivity index (χ1) is 5.86. The summed E-state index contributed by atoms with van der Waals surface area (Å²) >= 11 is 0. The molecule has 0 fully saturated rings. The van der Waals surface area contributed by atoms with Crippen molar-refractivity contribution in [2.24, 2.45) is 0 Å². The maximum Gasteiger partial charge on any atom is 0.0764 e. The van der Waals surface area contributed by atoms with Gasteiger partial charge in [-0.3, -0.25) is 0 Å². The molecule has 1 heterocycles. The first-order valence-corrected chi connectivity index (χ1v) is 5.20. The minimum Gasteiger partial charge on any atom is -0.367 e. The van der Waals surface area contributed by atoms with E-state index in [0.717, 1.165) is 0 Å². The first-order valence-electron chi connectivity index (χ1n) is 5.20. The van der Waals surface area contributed by atoms with E-state index >= 15 is 0 Å². The van der Waals surface area contributed by atoms with Crippen LogP contribution in [0.2, 0.25) is 0 Å². The summed E-state index contributed by atoms with van der Waals surface area (Å²) in [5.74, 6) is 0. The van der Waals surface area contributed by atoms with Crippen LogP contribution in [-0.4, -0.2) is 12.2 Å². The third-order valence-electron chi connectivity index (χ3n) is 2.31. The lowest BCUT2D eigenvalue weighted by Crippen LogP contribution is -2.11. The lowest BCUT2D eigenvalue weighted by atomic mass is 10.1. The molecule has 0 spiro atoms. The molecule has 0 N–H and O–H groups in total. The van der Waals surface area contributed by atoms with Gasteiger partial charge in [-0.2, -0.15) is 0 Å². The first kappa shape index (κ1) is 9.79. The van der Waals surface area contributed by atoms with Gasteiger partial charge in [-0.25, -0.2) is 0 Å². The summed E-state index contributed by atoms with van der Waals surface area (Å²) in [5, 5.41) is 0. The second-order valence-corrected chi connectivity index (χ2v) is 3.53. The fourth-order valence-electron chi connectivity index (χ4n) is 1.58. The van der Waals surface area contributed by atoms with Gasteiger partial charge in [-0.05, 0) is 12.8 Å². The smallest absolute Gasteiger partial charge is 0.0764 e. The minimum atomic E-state index is 0.414. The normalized spacial score (nSPS) is 28.2. The summed E-state index contributed by atoms with van der Waals surface area (Å²) in [7, 11) is 0. The Morgan fingerprint density at radius 2 is 1.67 bits per heavy atom. The summed E-state index contributed by atoms with van der Waals surface area (Å²) in [6, 6.07) is 0. The summed E-state index contributed by atoms with van der Waals surface area (Å²) in [6.07, 6.45) is 11.4. The molecule has 0 saturated carbocycles. The highest BCUT2D eigenvalue weighted by molar-refractivity contribution is 5.01. The van der Waals surface area contributed by atoms with Crippen LogP contribution < -0.4 is 0 Å². The topological polar surface area (TPSA) is 9.23 Å². The van der Waals surface area contributed by atoms with E-state index in [1.165, 1.54) is 32.1 Å². The third-order valence-corrected chi connectivity index (χ3v) is 2.31. The fourth-order valence-corrected chi connectivity index (χ4v) is 1.58. The number of rotatable bonds is 5. The molecule has 0 aromatic heterocycles. The molecule has 0 bridgehead atoms. The zero-order valence-electron chi connectivity index (χ0n) is 8.25. The van der Waals surface area contributed by atoms with Crippen LogP contribution in [0.3, 0.4) is 0 Å². The molecule has 0 aliphatic carbocycles. The maximum absolute atomic E-state index is 5.79. The summed E-state index contributed by atoms with van der Waals surface area (Å²) in [4.78, 5) is 0. The van der Waals surface area contributed by atoms with Gasteiger partial charge in [0.1, 0.15) is 0 Å². The van der Waals surface area contributed by atoms with Crippen LogP contribution in [0.5, 0.6) is 0 Å². The molecule has 0 aromatic rings. The van der Waals surface area contributed by atoms with Crippen molar-refractivity contribution in [2.45, 2.75) is 58.2 Å². The average molecular weight is 168 g/mol. The Kier molecular flexibility index (Phi) is 4.37. The lowest BCUT2D eigenvalue weighted by Gasteiger charge is -2.12. The minimum absolute atomic E-state index is 0.414. The highest BCUT2D eigenvalue weighted by atomic mass is 16.5. The van der Waals surface area contributed by atoms with E-state index in [0.29, 0.717) is 12.2 Å².